The number of rotatable bonds is 2. The lowest BCUT2D eigenvalue weighted by Gasteiger charge is -2.43. The average molecular weight is 253 g/mol. The third-order valence-electron chi connectivity index (χ3n) is 5.17. The Morgan fingerprint density at radius 3 is 2.56 bits per heavy atom. The van der Waals surface area contributed by atoms with Gasteiger partial charge in [0, 0.05) is 6.04 Å². The summed E-state index contributed by atoms with van der Waals surface area (Å²) in [6.07, 6.45) is 8.03. The van der Waals surface area contributed by atoms with Crippen molar-refractivity contribution in [2.45, 2.75) is 70.9 Å². The Labute approximate surface area is 111 Å². The van der Waals surface area contributed by atoms with E-state index in [2.05, 4.69) is 18.7 Å². The van der Waals surface area contributed by atoms with Crippen LogP contribution in [0.15, 0.2) is 0 Å². The normalized spacial score (nSPS) is 39.2. The summed E-state index contributed by atoms with van der Waals surface area (Å²) in [4.78, 5) is 13.8. The average Bonchev–Trinajstić information content (AvgIpc) is 2.58. The van der Waals surface area contributed by atoms with Crippen LogP contribution < -0.4 is 0 Å². The number of aliphatic carboxylic acids is 1. The van der Waals surface area contributed by atoms with Crippen molar-refractivity contribution in [3.63, 3.8) is 0 Å². The fourth-order valence-electron chi connectivity index (χ4n) is 3.81. The van der Waals surface area contributed by atoms with E-state index in [-0.39, 0.29) is 6.04 Å². The topological polar surface area (TPSA) is 40.5 Å². The quantitative estimate of drug-likeness (QED) is 0.822. The van der Waals surface area contributed by atoms with Crippen LogP contribution in [0.3, 0.4) is 0 Å². The van der Waals surface area contributed by atoms with Crippen molar-refractivity contribution in [1.82, 2.24) is 4.90 Å². The van der Waals surface area contributed by atoms with E-state index in [4.69, 9.17) is 0 Å². The molecule has 1 saturated heterocycles. The first-order valence-electron chi connectivity index (χ1n) is 7.60. The van der Waals surface area contributed by atoms with Gasteiger partial charge in [0.05, 0.1) is 0 Å². The van der Waals surface area contributed by atoms with Gasteiger partial charge in [-0.25, -0.2) is 0 Å². The fraction of sp³-hybridized carbons (Fsp3) is 0.933. The minimum atomic E-state index is -0.609. The van der Waals surface area contributed by atoms with Crippen LogP contribution in [-0.4, -0.2) is 34.6 Å². The molecule has 0 bridgehead atoms. The zero-order valence-electron chi connectivity index (χ0n) is 11.8. The molecule has 0 spiro atoms. The number of carbonyl (C=O) groups is 1. The molecule has 3 heteroatoms. The lowest BCUT2D eigenvalue weighted by molar-refractivity contribution is -0.145. The SMILES string of the molecule is CC1CCCC(N2CCCCCC2C(=O)O)C1C. The highest BCUT2D eigenvalue weighted by atomic mass is 16.4. The first-order chi connectivity index (χ1) is 8.61. The minimum absolute atomic E-state index is 0.231. The number of nitrogens with zero attached hydrogens (tertiary/aromatic N) is 1. The van der Waals surface area contributed by atoms with Crippen LogP contribution in [0.5, 0.6) is 0 Å². The lowest BCUT2D eigenvalue weighted by atomic mass is 9.77. The molecule has 0 aromatic rings. The fourth-order valence-corrected chi connectivity index (χ4v) is 3.81. The molecular weight excluding hydrogens is 226 g/mol. The van der Waals surface area contributed by atoms with Crippen molar-refractivity contribution in [2.24, 2.45) is 11.8 Å². The Hall–Kier alpha value is -0.570. The first-order valence-corrected chi connectivity index (χ1v) is 7.60. The summed E-state index contributed by atoms with van der Waals surface area (Å²) in [6, 6.07) is 0.262. The zero-order chi connectivity index (χ0) is 13.1. The summed E-state index contributed by atoms with van der Waals surface area (Å²) in [7, 11) is 0. The lowest BCUT2D eigenvalue weighted by Crippen LogP contribution is -2.51. The Balaban J connectivity index is 2.13. The van der Waals surface area contributed by atoms with Crippen molar-refractivity contribution in [2.75, 3.05) is 6.54 Å². The molecule has 1 heterocycles. The molecule has 0 aromatic heterocycles. The second-order valence-corrected chi connectivity index (χ2v) is 6.28. The third kappa shape index (κ3) is 2.87. The van der Waals surface area contributed by atoms with E-state index < -0.39 is 5.97 Å². The largest absolute Gasteiger partial charge is 0.480 e. The van der Waals surface area contributed by atoms with E-state index in [9.17, 15) is 9.90 Å². The second kappa shape index (κ2) is 6.05. The van der Waals surface area contributed by atoms with Gasteiger partial charge in [-0.15, -0.1) is 0 Å². The maximum atomic E-state index is 11.5. The molecule has 104 valence electrons. The third-order valence-corrected chi connectivity index (χ3v) is 5.17. The van der Waals surface area contributed by atoms with Gasteiger partial charge in [-0.05, 0) is 37.6 Å². The summed E-state index contributed by atoms with van der Waals surface area (Å²) in [5.41, 5.74) is 0. The van der Waals surface area contributed by atoms with E-state index in [0.29, 0.717) is 12.0 Å². The predicted octanol–water partition coefficient (Wildman–Crippen LogP) is 3.14. The maximum Gasteiger partial charge on any atom is 0.320 e. The van der Waals surface area contributed by atoms with E-state index in [0.717, 1.165) is 25.3 Å². The van der Waals surface area contributed by atoms with Crippen molar-refractivity contribution in [3.8, 4) is 0 Å². The molecule has 1 aliphatic heterocycles. The summed E-state index contributed by atoms with van der Waals surface area (Å²) in [6.45, 7) is 5.63. The standard InChI is InChI=1S/C15H27NO2/c1-11-7-6-9-13(12(11)2)16-10-5-3-4-8-14(16)15(17)18/h11-14H,3-10H2,1-2H3,(H,17,18). The molecule has 1 N–H and O–H groups in total. The van der Waals surface area contributed by atoms with Gasteiger partial charge in [-0.1, -0.05) is 39.5 Å². The Kier molecular flexibility index (Phi) is 4.66. The molecule has 2 fully saturated rings. The predicted molar refractivity (Wildman–Crippen MR) is 72.6 cm³/mol. The summed E-state index contributed by atoms with van der Waals surface area (Å²) in [5.74, 6) is 0.766. The van der Waals surface area contributed by atoms with Gasteiger partial charge in [-0.3, -0.25) is 9.69 Å². The van der Waals surface area contributed by atoms with E-state index in [1.165, 1.54) is 32.1 Å². The first kappa shape index (κ1) is 13.9. The van der Waals surface area contributed by atoms with E-state index in [1.807, 2.05) is 0 Å². The number of hydrogen-bond donors (Lipinski definition) is 1. The highest BCUT2D eigenvalue weighted by Gasteiger charge is 2.37. The van der Waals surface area contributed by atoms with Gasteiger partial charge in [0.1, 0.15) is 6.04 Å². The summed E-state index contributed by atoms with van der Waals surface area (Å²) < 4.78 is 0. The molecule has 4 atom stereocenters. The van der Waals surface area contributed by atoms with E-state index >= 15 is 0 Å². The van der Waals surface area contributed by atoms with Crippen LogP contribution in [0.2, 0.25) is 0 Å². The van der Waals surface area contributed by atoms with E-state index in [1.54, 1.807) is 0 Å². The summed E-state index contributed by atoms with van der Waals surface area (Å²) in [5, 5.41) is 9.47. The monoisotopic (exact) mass is 253 g/mol. The van der Waals surface area contributed by atoms with Crippen LogP contribution in [0.4, 0.5) is 0 Å². The molecule has 0 radical (unpaired) electrons. The Morgan fingerprint density at radius 1 is 1.06 bits per heavy atom. The molecule has 1 aliphatic carbocycles. The highest BCUT2D eigenvalue weighted by molar-refractivity contribution is 5.73. The van der Waals surface area contributed by atoms with Crippen LogP contribution in [0.1, 0.15) is 58.8 Å². The molecule has 0 aromatic carbocycles. The van der Waals surface area contributed by atoms with Crippen molar-refractivity contribution >= 4 is 5.97 Å². The smallest absolute Gasteiger partial charge is 0.320 e. The number of carboxylic acids is 1. The Morgan fingerprint density at radius 2 is 1.83 bits per heavy atom. The molecule has 18 heavy (non-hydrogen) atoms. The molecule has 1 saturated carbocycles. The molecule has 0 amide bonds. The van der Waals surface area contributed by atoms with Crippen LogP contribution in [0.25, 0.3) is 0 Å². The van der Waals surface area contributed by atoms with Gasteiger partial charge >= 0.3 is 5.97 Å². The van der Waals surface area contributed by atoms with Gasteiger partial charge in [0.2, 0.25) is 0 Å². The number of carboxylic acid groups (broad SMARTS) is 1. The number of hydrogen-bond acceptors (Lipinski definition) is 2. The van der Waals surface area contributed by atoms with Crippen molar-refractivity contribution in [3.05, 3.63) is 0 Å². The van der Waals surface area contributed by atoms with Crippen LogP contribution in [0, 0.1) is 11.8 Å². The molecular formula is C15H27NO2. The number of likely N-dealkylation sites (tertiary alicyclic amines) is 1. The molecule has 3 nitrogen and oxygen atoms in total. The summed E-state index contributed by atoms with van der Waals surface area (Å²) >= 11 is 0. The minimum Gasteiger partial charge on any atom is -0.480 e. The molecule has 2 rings (SSSR count). The maximum absolute atomic E-state index is 11.5. The van der Waals surface area contributed by atoms with Gasteiger partial charge < -0.3 is 5.11 Å². The zero-order valence-corrected chi connectivity index (χ0v) is 11.8. The van der Waals surface area contributed by atoms with Crippen molar-refractivity contribution in [1.29, 1.82) is 0 Å². The van der Waals surface area contributed by atoms with Crippen molar-refractivity contribution < 1.29 is 9.90 Å². The second-order valence-electron chi connectivity index (χ2n) is 6.28. The van der Waals surface area contributed by atoms with Crippen LogP contribution >= 0.6 is 0 Å². The van der Waals surface area contributed by atoms with Gasteiger partial charge in [-0.2, -0.15) is 0 Å². The van der Waals surface area contributed by atoms with Crippen LogP contribution in [-0.2, 0) is 4.79 Å². The highest BCUT2D eigenvalue weighted by Crippen LogP contribution is 2.35. The van der Waals surface area contributed by atoms with Gasteiger partial charge in [0.15, 0.2) is 0 Å². The Bertz CT molecular complexity index is 292. The van der Waals surface area contributed by atoms with Gasteiger partial charge in [0.25, 0.3) is 0 Å². The molecule has 2 aliphatic rings. The molecule has 4 unspecified atom stereocenters.